The number of ketones is 1. The molecule has 4 nitrogen and oxygen atoms in total. The largest absolute Gasteiger partial charge is 0.497 e. The van der Waals surface area contributed by atoms with Gasteiger partial charge in [0.1, 0.15) is 17.5 Å². The summed E-state index contributed by atoms with van der Waals surface area (Å²) in [6, 6.07) is 7.61. The molecule has 0 aromatic heterocycles. The van der Waals surface area contributed by atoms with Crippen molar-refractivity contribution in [3.8, 4) is 17.6 Å². The zero-order chi connectivity index (χ0) is 25.0. The second-order valence-corrected chi connectivity index (χ2v) is 10.3. The highest BCUT2D eigenvalue weighted by molar-refractivity contribution is 7.59. The summed E-state index contributed by atoms with van der Waals surface area (Å²) in [4.78, 5) is 12.2. The minimum atomic E-state index is -4.67. The third kappa shape index (κ3) is 4.51. The molecule has 36 heavy (non-hydrogen) atoms. The van der Waals surface area contributed by atoms with Gasteiger partial charge < -0.3 is 14.6 Å². The molecular weight excluding hydrogens is 489 g/mol. The Morgan fingerprint density at radius 2 is 1.86 bits per heavy atom. The molecule has 0 amide bonds. The predicted octanol–water partition coefficient (Wildman–Crippen LogP) is 5.59. The summed E-state index contributed by atoms with van der Waals surface area (Å²) >= 11 is 0. The van der Waals surface area contributed by atoms with Gasteiger partial charge in [0.25, 0.3) is 0 Å². The normalized spacial score (nSPS) is 33.7. The van der Waals surface area contributed by atoms with E-state index in [-0.39, 0.29) is 44.1 Å². The van der Waals surface area contributed by atoms with E-state index in [0.717, 1.165) is 35.1 Å². The van der Waals surface area contributed by atoms with Crippen molar-refractivity contribution in [2.75, 3.05) is 13.7 Å². The SMILES string of the molecule is COc1ccc([C@@H]2OC[C@@]3(C)C(CC[C@@]3(O)C#CC(F)(F)F)C3CCC4=CC(=O)CCC4=C32)cc1.S. The minimum absolute atomic E-state index is 0. The van der Waals surface area contributed by atoms with Crippen molar-refractivity contribution in [2.45, 2.75) is 63.3 Å². The number of aliphatic hydroxyl groups is 1. The van der Waals surface area contributed by atoms with E-state index in [2.05, 4.69) is 5.92 Å². The van der Waals surface area contributed by atoms with Crippen LogP contribution in [0.15, 0.2) is 47.1 Å². The lowest BCUT2D eigenvalue weighted by molar-refractivity contribution is -0.114. The van der Waals surface area contributed by atoms with Crippen molar-refractivity contribution in [3.63, 3.8) is 0 Å². The van der Waals surface area contributed by atoms with Gasteiger partial charge in [0.15, 0.2) is 5.78 Å². The Labute approximate surface area is 216 Å². The van der Waals surface area contributed by atoms with Crippen LogP contribution in [0.5, 0.6) is 5.75 Å². The molecule has 3 aliphatic carbocycles. The topological polar surface area (TPSA) is 55.8 Å². The van der Waals surface area contributed by atoms with Crippen molar-refractivity contribution < 1.29 is 32.5 Å². The predicted molar refractivity (Wildman–Crippen MR) is 134 cm³/mol. The first-order chi connectivity index (χ1) is 16.5. The van der Waals surface area contributed by atoms with Gasteiger partial charge >= 0.3 is 6.18 Å². The third-order valence-corrected chi connectivity index (χ3v) is 8.54. The highest BCUT2D eigenvalue weighted by Gasteiger charge is 2.61. The molecule has 0 bridgehead atoms. The first-order valence-corrected chi connectivity index (χ1v) is 12.1. The Kier molecular flexibility index (Phi) is 7.15. The molecule has 4 aliphatic rings. The molecular formula is C28H31F3O4S. The first kappa shape index (κ1) is 26.8. The number of carbonyl (C=O) groups excluding carboxylic acids is 1. The van der Waals surface area contributed by atoms with E-state index in [1.165, 1.54) is 5.92 Å². The van der Waals surface area contributed by atoms with Crippen LogP contribution in [-0.4, -0.2) is 36.4 Å². The number of fused-ring (bicyclic) bond motifs is 4. The number of halogens is 3. The molecule has 1 N–H and O–H groups in total. The first-order valence-electron chi connectivity index (χ1n) is 12.1. The number of methoxy groups -OCH3 is 1. The molecule has 5 rings (SSSR count). The molecule has 194 valence electrons. The highest BCUT2D eigenvalue weighted by atomic mass is 32.1. The molecule has 1 aromatic carbocycles. The van der Waals surface area contributed by atoms with Gasteiger partial charge in [-0.15, -0.1) is 0 Å². The summed E-state index contributed by atoms with van der Waals surface area (Å²) in [6.45, 7) is 1.91. The second kappa shape index (κ2) is 9.59. The lowest BCUT2D eigenvalue weighted by Gasteiger charge is -2.42. The lowest BCUT2D eigenvalue weighted by atomic mass is 9.61. The quantitative estimate of drug-likeness (QED) is 0.517. The fourth-order valence-electron chi connectivity index (χ4n) is 6.70. The zero-order valence-corrected chi connectivity index (χ0v) is 21.4. The van der Waals surface area contributed by atoms with Crippen LogP contribution < -0.4 is 4.74 Å². The van der Waals surface area contributed by atoms with Crippen LogP contribution in [0.1, 0.15) is 57.1 Å². The van der Waals surface area contributed by atoms with Gasteiger partial charge in [0.2, 0.25) is 0 Å². The molecule has 0 radical (unpaired) electrons. The highest BCUT2D eigenvalue weighted by Crippen LogP contribution is 2.61. The van der Waals surface area contributed by atoms with Crippen LogP contribution in [0.25, 0.3) is 0 Å². The fraction of sp³-hybridized carbons (Fsp3) is 0.536. The average Bonchev–Trinajstić information content (AvgIpc) is 2.99. The summed E-state index contributed by atoms with van der Waals surface area (Å²) in [5.41, 5.74) is 1.46. The Morgan fingerprint density at radius 3 is 2.53 bits per heavy atom. The number of rotatable bonds is 2. The van der Waals surface area contributed by atoms with Crippen LogP contribution >= 0.6 is 13.5 Å². The van der Waals surface area contributed by atoms with Crippen molar-refractivity contribution in [2.24, 2.45) is 17.3 Å². The molecule has 5 atom stereocenters. The minimum Gasteiger partial charge on any atom is -0.497 e. The summed E-state index contributed by atoms with van der Waals surface area (Å²) in [7, 11) is 1.60. The Balaban J connectivity index is 0.00000304. The van der Waals surface area contributed by atoms with Crippen LogP contribution in [-0.2, 0) is 9.53 Å². The van der Waals surface area contributed by atoms with E-state index >= 15 is 0 Å². The van der Waals surface area contributed by atoms with Crippen molar-refractivity contribution in [1.82, 2.24) is 0 Å². The van der Waals surface area contributed by atoms with Gasteiger partial charge in [0.05, 0.1) is 13.7 Å². The van der Waals surface area contributed by atoms with Gasteiger partial charge in [-0.1, -0.05) is 25.0 Å². The van der Waals surface area contributed by atoms with Gasteiger partial charge in [-0.2, -0.15) is 26.7 Å². The molecule has 8 heteroatoms. The number of carbonyl (C=O) groups is 1. The van der Waals surface area contributed by atoms with E-state index in [0.29, 0.717) is 25.0 Å². The molecule has 2 unspecified atom stereocenters. The van der Waals surface area contributed by atoms with E-state index in [4.69, 9.17) is 9.47 Å². The van der Waals surface area contributed by atoms with E-state index in [1.54, 1.807) is 13.2 Å². The Morgan fingerprint density at radius 1 is 1.14 bits per heavy atom. The van der Waals surface area contributed by atoms with Gasteiger partial charge in [-0.3, -0.25) is 4.79 Å². The van der Waals surface area contributed by atoms with Gasteiger partial charge in [-0.05, 0) is 84.4 Å². The van der Waals surface area contributed by atoms with Crippen LogP contribution in [0.3, 0.4) is 0 Å². The molecule has 1 aliphatic heterocycles. The molecule has 2 fully saturated rings. The summed E-state index contributed by atoms with van der Waals surface area (Å²) in [5, 5.41) is 11.5. The maximum absolute atomic E-state index is 13.0. The number of allylic oxidation sites excluding steroid dienone is 3. The van der Waals surface area contributed by atoms with Crippen molar-refractivity contribution in [1.29, 1.82) is 0 Å². The van der Waals surface area contributed by atoms with Gasteiger partial charge in [-0.25, -0.2) is 0 Å². The third-order valence-electron chi connectivity index (χ3n) is 8.54. The van der Waals surface area contributed by atoms with Crippen LogP contribution in [0.4, 0.5) is 13.2 Å². The number of ether oxygens (including phenoxy) is 2. The lowest BCUT2D eigenvalue weighted by Crippen LogP contribution is -2.48. The fourth-order valence-corrected chi connectivity index (χ4v) is 6.70. The Hall–Kier alpha value is -2.21. The summed E-state index contributed by atoms with van der Waals surface area (Å²) < 4.78 is 50.8. The average molecular weight is 521 g/mol. The number of hydrogen-bond acceptors (Lipinski definition) is 4. The van der Waals surface area contributed by atoms with Crippen LogP contribution in [0.2, 0.25) is 0 Å². The zero-order valence-electron chi connectivity index (χ0n) is 20.4. The number of alkyl halides is 3. The summed E-state index contributed by atoms with van der Waals surface area (Å²) in [5.74, 6) is 4.32. The van der Waals surface area contributed by atoms with Gasteiger partial charge in [0, 0.05) is 17.8 Å². The molecule has 0 spiro atoms. The molecule has 1 aromatic rings. The molecule has 1 saturated carbocycles. The van der Waals surface area contributed by atoms with E-state index < -0.39 is 23.3 Å². The van der Waals surface area contributed by atoms with E-state index in [9.17, 15) is 23.1 Å². The Bertz CT molecular complexity index is 1160. The maximum Gasteiger partial charge on any atom is 0.457 e. The maximum atomic E-state index is 13.0. The van der Waals surface area contributed by atoms with Crippen LogP contribution in [0, 0.1) is 29.1 Å². The number of benzene rings is 1. The van der Waals surface area contributed by atoms with E-state index in [1.807, 2.05) is 31.2 Å². The van der Waals surface area contributed by atoms with Crippen molar-refractivity contribution >= 4 is 19.3 Å². The smallest absolute Gasteiger partial charge is 0.457 e. The second-order valence-electron chi connectivity index (χ2n) is 10.3. The van der Waals surface area contributed by atoms with Crippen molar-refractivity contribution in [3.05, 3.63) is 52.6 Å². The number of hydrogen-bond donors (Lipinski definition) is 1. The standard InChI is InChI=1S/C28H29F3O4.H2S/c1-26-16-35-25(17-3-7-20(34-2)8-4-17)24-21-10-6-19(32)15-18(21)5-9-22(24)23(26)11-12-27(26,33)13-14-28(29,30)31;/h3-4,7-8,15,22-23,25,33H,5-6,9-12,16H2,1-2H3;1H2/t22?,23?,25-,26-,27+;/m0./s1. The molecule has 1 saturated heterocycles. The monoisotopic (exact) mass is 520 g/mol. The molecule has 1 heterocycles. The summed E-state index contributed by atoms with van der Waals surface area (Å²) in [6.07, 6.45) is -0.0290.